The van der Waals surface area contributed by atoms with Crippen molar-refractivity contribution in [2.45, 2.75) is 19.9 Å². The molecule has 2 aromatic carbocycles. The highest BCUT2D eigenvalue weighted by Gasteiger charge is 2.16. The average molecular weight is 452 g/mol. The van der Waals surface area contributed by atoms with Crippen molar-refractivity contribution in [2.24, 2.45) is 0 Å². The number of rotatable bonds is 7. The zero-order valence-corrected chi connectivity index (χ0v) is 19.0. The Labute approximate surface area is 188 Å². The maximum absolute atomic E-state index is 6.41. The number of nitrogens with one attached hydrogen (secondary N) is 1. The molecule has 0 unspecified atom stereocenters. The van der Waals surface area contributed by atoms with E-state index in [0.717, 1.165) is 67.7 Å². The van der Waals surface area contributed by atoms with Crippen molar-refractivity contribution in [2.75, 3.05) is 44.7 Å². The SMILES string of the molecule is Cc1cccc(Cl)c1NC(=S)N(CCCN1CCOCC1)Cc1ccccc1Cl. The van der Waals surface area contributed by atoms with Gasteiger partial charge in [-0.3, -0.25) is 4.90 Å². The van der Waals surface area contributed by atoms with Gasteiger partial charge in [0.25, 0.3) is 0 Å². The smallest absolute Gasteiger partial charge is 0.173 e. The van der Waals surface area contributed by atoms with Crippen molar-refractivity contribution < 1.29 is 4.74 Å². The minimum atomic E-state index is 0.651. The van der Waals surface area contributed by atoms with Gasteiger partial charge in [0.15, 0.2) is 5.11 Å². The summed E-state index contributed by atoms with van der Waals surface area (Å²) in [6.45, 7) is 8.14. The first kappa shape index (κ1) is 22.3. The number of benzene rings is 2. The molecule has 29 heavy (non-hydrogen) atoms. The Morgan fingerprint density at radius 2 is 1.83 bits per heavy atom. The van der Waals surface area contributed by atoms with E-state index in [2.05, 4.69) is 15.1 Å². The van der Waals surface area contributed by atoms with Gasteiger partial charge in [-0.15, -0.1) is 0 Å². The zero-order valence-electron chi connectivity index (χ0n) is 16.7. The highest BCUT2D eigenvalue weighted by molar-refractivity contribution is 7.80. The number of thiocarbonyl (C=S) groups is 1. The molecule has 0 aliphatic carbocycles. The second kappa shape index (κ2) is 11.1. The molecule has 0 spiro atoms. The molecule has 2 aromatic rings. The summed E-state index contributed by atoms with van der Waals surface area (Å²) in [5.41, 5.74) is 2.97. The average Bonchev–Trinajstić information content (AvgIpc) is 2.72. The first-order chi connectivity index (χ1) is 14.0. The van der Waals surface area contributed by atoms with Crippen molar-refractivity contribution in [3.63, 3.8) is 0 Å². The number of nitrogens with zero attached hydrogens (tertiary/aromatic N) is 2. The molecule has 7 heteroatoms. The second-order valence-electron chi connectivity index (χ2n) is 7.18. The third-order valence-electron chi connectivity index (χ3n) is 5.07. The van der Waals surface area contributed by atoms with E-state index in [0.29, 0.717) is 16.7 Å². The van der Waals surface area contributed by atoms with Gasteiger partial charge in [0.2, 0.25) is 0 Å². The minimum absolute atomic E-state index is 0.651. The van der Waals surface area contributed by atoms with Crippen molar-refractivity contribution >= 4 is 46.2 Å². The first-order valence-electron chi connectivity index (χ1n) is 9.89. The summed E-state index contributed by atoms with van der Waals surface area (Å²) >= 11 is 18.6. The summed E-state index contributed by atoms with van der Waals surface area (Å²) < 4.78 is 5.44. The van der Waals surface area contributed by atoms with Gasteiger partial charge in [-0.05, 0) is 48.8 Å². The Kier molecular flexibility index (Phi) is 8.57. The van der Waals surface area contributed by atoms with Gasteiger partial charge >= 0.3 is 0 Å². The van der Waals surface area contributed by atoms with E-state index in [9.17, 15) is 0 Å². The number of aryl methyl sites for hydroxylation is 1. The molecule has 0 radical (unpaired) electrons. The Morgan fingerprint density at radius 1 is 1.10 bits per heavy atom. The lowest BCUT2D eigenvalue weighted by atomic mass is 10.2. The van der Waals surface area contributed by atoms with E-state index in [1.54, 1.807) is 0 Å². The minimum Gasteiger partial charge on any atom is -0.379 e. The summed E-state index contributed by atoms with van der Waals surface area (Å²) in [4.78, 5) is 4.60. The first-order valence-corrected chi connectivity index (χ1v) is 11.1. The van der Waals surface area contributed by atoms with Crippen molar-refractivity contribution in [1.82, 2.24) is 9.80 Å². The van der Waals surface area contributed by atoms with Crippen LogP contribution in [0.15, 0.2) is 42.5 Å². The predicted molar refractivity (Wildman–Crippen MR) is 126 cm³/mol. The van der Waals surface area contributed by atoms with Gasteiger partial charge in [0, 0.05) is 37.7 Å². The molecule has 0 saturated carbocycles. The van der Waals surface area contributed by atoms with E-state index in [4.69, 9.17) is 40.2 Å². The standard InChI is InChI=1S/C22H27Cl2N3OS/c1-17-6-4-9-20(24)21(17)25-22(29)27(16-18-7-2-3-8-19(18)23)11-5-10-26-12-14-28-15-13-26/h2-4,6-9H,5,10-16H2,1H3,(H,25,29). The molecule has 1 aliphatic rings. The zero-order chi connectivity index (χ0) is 20.6. The van der Waals surface area contributed by atoms with Crippen LogP contribution in [-0.4, -0.2) is 54.3 Å². The summed E-state index contributed by atoms with van der Waals surface area (Å²) in [5.74, 6) is 0. The number of morpholine rings is 1. The van der Waals surface area contributed by atoms with Gasteiger partial charge in [0.1, 0.15) is 0 Å². The molecule has 0 amide bonds. The van der Waals surface area contributed by atoms with Crippen molar-refractivity contribution in [1.29, 1.82) is 0 Å². The van der Waals surface area contributed by atoms with Gasteiger partial charge in [-0.2, -0.15) is 0 Å². The molecule has 1 N–H and O–H groups in total. The fourth-order valence-electron chi connectivity index (χ4n) is 3.37. The summed E-state index contributed by atoms with van der Waals surface area (Å²) in [6, 6.07) is 13.7. The third kappa shape index (κ3) is 6.56. The lowest BCUT2D eigenvalue weighted by Gasteiger charge is -2.30. The number of para-hydroxylation sites is 1. The number of anilines is 1. The molecule has 3 rings (SSSR count). The van der Waals surface area contributed by atoms with Crippen LogP contribution in [0, 0.1) is 6.92 Å². The lowest BCUT2D eigenvalue weighted by molar-refractivity contribution is 0.0368. The Hall–Kier alpha value is -1.37. The molecule has 1 saturated heterocycles. The Morgan fingerprint density at radius 3 is 2.55 bits per heavy atom. The molecule has 0 aromatic heterocycles. The molecule has 0 atom stereocenters. The number of hydrogen-bond donors (Lipinski definition) is 1. The maximum Gasteiger partial charge on any atom is 0.173 e. The monoisotopic (exact) mass is 451 g/mol. The lowest BCUT2D eigenvalue weighted by Crippen LogP contribution is -2.40. The summed E-state index contributed by atoms with van der Waals surface area (Å²) in [6.07, 6.45) is 1.01. The van der Waals surface area contributed by atoms with Crippen molar-refractivity contribution in [3.05, 3.63) is 63.6 Å². The van der Waals surface area contributed by atoms with Crippen LogP contribution in [0.5, 0.6) is 0 Å². The van der Waals surface area contributed by atoms with Gasteiger partial charge in [-0.1, -0.05) is 53.5 Å². The Balaban J connectivity index is 1.68. The van der Waals surface area contributed by atoms with Crippen LogP contribution < -0.4 is 5.32 Å². The van der Waals surface area contributed by atoms with Gasteiger partial charge in [-0.25, -0.2) is 0 Å². The molecular weight excluding hydrogens is 425 g/mol. The maximum atomic E-state index is 6.41. The highest BCUT2D eigenvalue weighted by Crippen LogP contribution is 2.26. The second-order valence-corrected chi connectivity index (χ2v) is 8.38. The summed E-state index contributed by atoms with van der Waals surface area (Å²) in [7, 11) is 0. The van der Waals surface area contributed by atoms with E-state index in [1.165, 1.54) is 0 Å². The van der Waals surface area contributed by atoms with Gasteiger partial charge in [0.05, 0.1) is 23.9 Å². The van der Waals surface area contributed by atoms with E-state index in [-0.39, 0.29) is 0 Å². The van der Waals surface area contributed by atoms with Crippen LogP contribution in [0.4, 0.5) is 5.69 Å². The molecule has 1 aliphatic heterocycles. The van der Waals surface area contributed by atoms with Crippen LogP contribution in [0.1, 0.15) is 17.5 Å². The van der Waals surface area contributed by atoms with Crippen LogP contribution in [0.3, 0.4) is 0 Å². The Bertz CT molecular complexity index is 807. The summed E-state index contributed by atoms with van der Waals surface area (Å²) in [5, 5.41) is 5.43. The molecule has 0 bridgehead atoms. The van der Waals surface area contributed by atoms with Crippen LogP contribution in [-0.2, 0) is 11.3 Å². The van der Waals surface area contributed by atoms with Crippen LogP contribution in [0.2, 0.25) is 10.0 Å². The largest absolute Gasteiger partial charge is 0.379 e. The fourth-order valence-corrected chi connectivity index (χ4v) is 4.09. The highest BCUT2D eigenvalue weighted by atomic mass is 35.5. The number of halogens is 2. The van der Waals surface area contributed by atoms with E-state index in [1.807, 2.05) is 49.4 Å². The topological polar surface area (TPSA) is 27.7 Å². The molecule has 4 nitrogen and oxygen atoms in total. The fraction of sp³-hybridized carbons (Fsp3) is 0.409. The van der Waals surface area contributed by atoms with E-state index >= 15 is 0 Å². The molecule has 1 fully saturated rings. The number of hydrogen-bond acceptors (Lipinski definition) is 3. The van der Waals surface area contributed by atoms with Gasteiger partial charge < -0.3 is 15.0 Å². The van der Waals surface area contributed by atoms with E-state index < -0.39 is 0 Å². The molecular formula is C22H27Cl2N3OS. The molecule has 156 valence electrons. The quantitative estimate of drug-likeness (QED) is 0.582. The molecule has 1 heterocycles. The normalized spacial score (nSPS) is 14.6. The van der Waals surface area contributed by atoms with Crippen LogP contribution in [0.25, 0.3) is 0 Å². The third-order valence-corrected chi connectivity index (χ3v) is 6.11. The number of ether oxygens (including phenoxy) is 1. The van der Waals surface area contributed by atoms with Crippen LogP contribution >= 0.6 is 35.4 Å². The predicted octanol–water partition coefficient (Wildman–Crippen LogP) is 5.22. The van der Waals surface area contributed by atoms with Crippen molar-refractivity contribution in [3.8, 4) is 0 Å².